The Morgan fingerprint density at radius 1 is 1.10 bits per heavy atom. The van der Waals surface area contributed by atoms with E-state index in [-0.39, 0.29) is 5.91 Å². The zero-order valence-corrected chi connectivity index (χ0v) is 18.4. The maximum absolute atomic E-state index is 12.2. The molecule has 0 bridgehead atoms. The van der Waals surface area contributed by atoms with E-state index in [1.54, 1.807) is 11.3 Å². The van der Waals surface area contributed by atoms with Crippen molar-refractivity contribution in [1.29, 1.82) is 0 Å². The minimum absolute atomic E-state index is 0.139. The molecule has 1 fully saturated rings. The highest BCUT2D eigenvalue weighted by molar-refractivity contribution is 7.10. The number of nitrogens with one attached hydrogen (secondary N) is 2. The van der Waals surface area contributed by atoms with Crippen LogP contribution in [0.2, 0.25) is 0 Å². The Labute approximate surface area is 181 Å². The van der Waals surface area contributed by atoms with Crippen LogP contribution in [0.25, 0.3) is 10.9 Å². The molecular weight excluding hydrogens is 394 g/mol. The van der Waals surface area contributed by atoms with Crippen molar-refractivity contribution in [2.24, 2.45) is 5.92 Å². The van der Waals surface area contributed by atoms with Crippen molar-refractivity contribution in [3.8, 4) is 0 Å². The molecule has 0 unspecified atom stereocenters. The van der Waals surface area contributed by atoms with Gasteiger partial charge >= 0.3 is 0 Å². The van der Waals surface area contributed by atoms with Gasteiger partial charge < -0.3 is 15.5 Å². The predicted octanol–water partition coefficient (Wildman–Crippen LogP) is 4.09. The van der Waals surface area contributed by atoms with Crippen LogP contribution in [0.3, 0.4) is 0 Å². The molecule has 1 saturated carbocycles. The van der Waals surface area contributed by atoms with Gasteiger partial charge in [-0.2, -0.15) is 4.98 Å². The molecule has 0 spiro atoms. The van der Waals surface area contributed by atoms with Crippen LogP contribution >= 0.6 is 11.3 Å². The molecule has 1 aromatic carbocycles. The second-order valence-corrected chi connectivity index (χ2v) is 9.24. The first-order valence-electron chi connectivity index (χ1n) is 10.6. The monoisotopic (exact) mass is 423 g/mol. The first-order chi connectivity index (χ1) is 14.6. The molecular formula is C23H29N5OS. The summed E-state index contributed by atoms with van der Waals surface area (Å²) in [6.45, 7) is 0.862. The van der Waals surface area contributed by atoms with Crippen LogP contribution in [0.5, 0.6) is 0 Å². The van der Waals surface area contributed by atoms with E-state index in [2.05, 4.69) is 21.7 Å². The van der Waals surface area contributed by atoms with Crippen molar-refractivity contribution in [1.82, 2.24) is 15.3 Å². The fourth-order valence-corrected chi connectivity index (χ4v) is 4.78. The van der Waals surface area contributed by atoms with E-state index in [1.165, 1.54) is 0 Å². The molecule has 158 valence electrons. The summed E-state index contributed by atoms with van der Waals surface area (Å²) in [7, 11) is 4.01. The summed E-state index contributed by atoms with van der Waals surface area (Å²) in [6, 6.07) is 12.4. The second kappa shape index (κ2) is 9.43. The normalized spacial score (nSPS) is 18.9. The van der Waals surface area contributed by atoms with Crippen LogP contribution in [0, 0.1) is 5.92 Å². The predicted molar refractivity (Wildman–Crippen MR) is 124 cm³/mol. The Balaban J connectivity index is 1.28. The van der Waals surface area contributed by atoms with E-state index in [4.69, 9.17) is 4.98 Å². The standard InChI is InChI=1S/C23H29N5OS/c1-28(2)22-19-7-3-4-8-20(19)26-23(27-22)24-15-16-9-11-17(12-10-16)25-21(29)14-18-6-5-13-30-18/h3-8,13,16-17H,9-12,14-15H2,1-2H3,(H,25,29)(H,24,26,27). The topological polar surface area (TPSA) is 70.2 Å². The van der Waals surface area contributed by atoms with Gasteiger partial charge in [-0.05, 0) is 55.2 Å². The summed E-state index contributed by atoms with van der Waals surface area (Å²) in [4.78, 5) is 24.8. The van der Waals surface area contributed by atoms with Gasteiger partial charge in [-0.3, -0.25) is 4.79 Å². The smallest absolute Gasteiger partial charge is 0.225 e. The number of para-hydroxylation sites is 1. The molecule has 0 saturated heterocycles. The van der Waals surface area contributed by atoms with Gasteiger partial charge in [0.05, 0.1) is 11.9 Å². The first-order valence-corrected chi connectivity index (χ1v) is 11.5. The molecule has 1 aliphatic carbocycles. The van der Waals surface area contributed by atoms with Crippen LogP contribution in [-0.2, 0) is 11.2 Å². The summed E-state index contributed by atoms with van der Waals surface area (Å²) in [6.07, 6.45) is 4.76. The van der Waals surface area contributed by atoms with E-state index in [9.17, 15) is 4.79 Å². The van der Waals surface area contributed by atoms with Gasteiger partial charge in [0, 0.05) is 36.9 Å². The Hall–Kier alpha value is -2.67. The van der Waals surface area contributed by atoms with Gasteiger partial charge in [0.1, 0.15) is 5.82 Å². The number of benzene rings is 1. The molecule has 30 heavy (non-hydrogen) atoms. The molecule has 7 heteroatoms. The number of carbonyl (C=O) groups excluding carboxylic acids is 1. The highest BCUT2D eigenvalue weighted by Gasteiger charge is 2.23. The second-order valence-electron chi connectivity index (χ2n) is 8.20. The van der Waals surface area contributed by atoms with Crippen LogP contribution in [-0.4, -0.2) is 42.6 Å². The highest BCUT2D eigenvalue weighted by atomic mass is 32.1. The number of anilines is 2. The lowest BCUT2D eigenvalue weighted by Crippen LogP contribution is -2.39. The number of fused-ring (bicyclic) bond motifs is 1. The van der Waals surface area contributed by atoms with Crippen molar-refractivity contribution in [2.45, 2.75) is 38.1 Å². The number of aromatic nitrogens is 2. The average Bonchev–Trinajstić information content (AvgIpc) is 3.25. The van der Waals surface area contributed by atoms with Crippen molar-refractivity contribution in [3.05, 3.63) is 46.7 Å². The van der Waals surface area contributed by atoms with Gasteiger partial charge in [0.15, 0.2) is 0 Å². The molecule has 1 amide bonds. The third-order valence-corrected chi connectivity index (χ3v) is 6.56. The molecule has 2 aromatic heterocycles. The maximum Gasteiger partial charge on any atom is 0.225 e. The maximum atomic E-state index is 12.2. The van der Waals surface area contributed by atoms with Gasteiger partial charge in [-0.25, -0.2) is 4.98 Å². The fraction of sp³-hybridized carbons (Fsp3) is 0.435. The van der Waals surface area contributed by atoms with Gasteiger partial charge in [0.25, 0.3) is 0 Å². The van der Waals surface area contributed by atoms with E-state index in [1.807, 2.05) is 54.7 Å². The van der Waals surface area contributed by atoms with Crippen molar-refractivity contribution < 1.29 is 4.79 Å². The molecule has 2 N–H and O–H groups in total. The van der Waals surface area contributed by atoms with E-state index in [0.717, 1.165) is 53.8 Å². The molecule has 6 nitrogen and oxygen atoms in total. The molecule has 3 aromatic rings. The minimum Gasteiger partial charge on any atom is -0.362 e. The Kier molecular flexibility index (Phi) is 6.47. The molecule has 0 radical (unpaired) electrons. The van der Waals surface area contributed by atoms with Gasteiger partial charge in [-0.1, -0.05) is 18.2 Å². The first kappa shape index (κ1) is 20.6. The van der Waals surface area contributed by atoms with E-state index >= 15 is 0 Å². The average molecular weight is 424 g/mol. The fourth-order valence-electron chi connectivity index (χ4n) is 4.08. The zero-order valence-electron chi connectivity index (χ0n) is 17.6. The largest absolute Gasteiger partial charge is 0.362 e. The van der Waals surface area contributed by atoms with Crippen molar-refractivity contribution >= 4 is 39.9 Å². The number of hydrogen-bond donors (Lipinski definition) is 2. The van der Waals surface area contributed by atoms with Crippen molar-refractivity contribution in [3.63, 3.8) is 0 Å². The molecule has 4 rings (SSSR count). The van der Waals surface area contributed by atoms with Gasteiger partial charge in [-0.15, -0.1) is 11.3 Å². The Morgan fingerprint density at radius 3 is 2.63 bits per heavy atom. The quantitative estimate of drug-likeness (QED) is 0.599. The number of carbonyl (C=O) groups is 1. The number of amides is 1. The van der Waals surface area contributed by atoms with Gasteiger partial charge in [0.2, 0.25) is 11.9 Å². The number of nitrogens with zero attached hydrogens (tertiary/aromatic N) is 3. The highest BCUT2D eigenvalue weighted by Crippen LogP contribution is 2.26. The lowest BCUT2D eigenvalue weighted by Gasteiger charge is -2.29. The summed E-state index contributed by atoms with van der Waals surface area (Å²) in [5, 5.41) is 9.74. The lowest BCUT2D eigenvalue weighted by molar-refractivity contribution is -0.121. The molecule has 0 atom stereocenters. The van der Waals surface area contributed by atoms with Crippen LogP contribution in [0.15, 0.2) is 41.8 Å². The zero-order chi connectivity index (χ0) is 20.9. The summed E-state index contributed by atoms with van der Waals surface area (Å²) >= 11 is 1.64. The van der Waals surface area contributed by atoms with E-state index in [0.29, 0.717) is 24.3 Å². The molecule has 1 aliphatic rings. The number of thiophene rings is 1. The summed E-state index contributed by atoms with van der Waals surface area (Å²) < 4.78 is 0. The number of rotatable bonds is 7. The number of hydrogen-bond acceptors (Lipinski definition) is 6. The van der Waals surface area contributed by atoms with Crippen LogP contribution in [0.1, 0.15) is 30.6 Å². The summed E-state index contributed by atoms with van der Waals surface area (Å²) in [5.41, 5.74) is 0.955. The molecule has 0 aliphatic heterocycles. The Morgan fingerprint density at radius 2 is 1.90 bits per heavy atom. The molecule has 2 heterocycles. The SMILES string of the molecule is CN(C)c1nc(NCC2CCC(NC(=O)Cc3cccs3)CC2)nc2ccccc12. The summed E-state index contributed by atoms with van der Waals surface area (Å²) in [5.74, 6) is 2.33. The van der Waals surface area contributed by atoms with Crippen LogP contribution in [0.4, 0.5) is 11.8 Å². The minimum atomic E-state index is 0.139. The Bertz CT molecular complexity index is 980. The lowest BCUT2D eigenvalue weighted by atomic mass is 9.86. The third kappa shape index (κ3) is 5.08. The van der Waals surface area contributed by atoms with Crippen LogP contribution < -0.4 is 15.5 Å². The van der Waals surface area contributed by atoms with Crippen molar-refractivity contribution in [2.75, 3.05) is 30.9 Å². The van der Waals surface area contributed by atoms with E-state index < -0.39 is 0 Å². The third-order valence-electron chi connectivity index (χ3n) is 5.68.